The first-order valence-electron chi connectivity index (χ1n) is 7.57. The number of amides is 1. The van der Waals surface area contributed by atoms with Crippen molar-refractivity contribution in [1.82, 2.24) is 10.6 Å². The number of carbonyl (C=O) groups is 1. The monoisotopic (exact) mass is 306 g/mol. The quantitative estimate of drug-likeness (QED) is 0.593. The second kappa shape index (κ2) is 10.4. The molecule has 6 heteroatoms. The molecule has 1 aliphatic heterocycles. The van der Waals surface area contributed by atoms with Gasteiger partial charge in [-0.05, 0) is 12.8 Å². The molecule has 1 atom stereocenters. The summed E-state index contributed by atoms with van der Waals surface area (Å²) in [6.07, 6.45) is 7.52. The molecule has 2 fully saturated rings. The Bertz CT molecular complexity index is 265. The zero-order valence-electron chi connectivity index (χ0n) is 12.1. The molecular formula is C14H27ClN2O3. The smallest absolute Gasteiger partial charge is 0.251 e. The van der Waals surface area contributed by atoms with E-state index in [0.717, 1.165) is 6.54 Å². The van der Waals surface area contributed by atoms with E-state index < -0.39 is 6.10 Å². The molecule has 0 radical (unpaired) electrons. The van der Waals surface area contributed by atoms with Crippen molar-refractivity contribution >= 4 is 18.3 Å². The second-order valence-corrected chi connectivity index (χ2v) is 5.37. The normalized spacial score (nSPS) is 24.5. The Kier molecular flexibility index (Phi) is 9.18. The largest absolute Gasteiger partial charge is 0.376 e. The highest BCUT2D eigenvalue weighted by atomic mass is 35.5. The predicted octanol–water partition coefficient (Wildman–Crippen LogP) is 1.25. The minimum Gasteiger partial charge on any atom is -0.376 e. The van der Waals surface area contributed by atoms with E-state index in [1.165, 1.54) is 38.5 Å². The molecule has 1 saturated heterocycles. The molecular weight excluding hydrogens is 280 g/mol. The van der Waals surface area contributed by atoms with Crippen LogP contribution in [0, 0.1) is 0 Å². The molecule has 0 aromatic rings. The minimum atomic E-state index is -0.424. The number of ether oxygens (including phenoxy) is 2. The topological polar surface area (TPSA) is 59.6 Å². The van der Waals surface area contributed by atoms with Crippen LogP contribution in [-0.2, 0) is 14.3 Å². The number of nitrogens with one attached hydrogen (secondary N) is 2. The van der Waals surface area contributed by atoms with Crippen molar-refractivity contribution in [3.05, 3.63) is 0 Å². The third-order valence-corrected chi connectivity index (χ3v) is 3.82. The predicted molar refractivity (Wildman–Crippen MR) is 80.3 cm³/mol. The molecule has 1 amide bonds. The van der Waals surface area contributed by atoms with Crippen molar-refractivity contribution in [2.24, 2.45) is 0 Å². The fraction of sp³-hybridized carbons (Fsp3) is 0.929. The third-order valence-electron chi connectivity index (χ3n) is 3.82. The highest BCUT2D eigenvalue weighted by molar-refractivity contribution is 5.85. The van der Waals surface area contributed by atoms with Gasteiger partial charge in [-0.2, -0.15) is 0 Å². The first kappa shape index (κ1) is 17.7. The lowest BCUT2D eigenvalue weighted by Gasteiger charge is -2.22. The van der Waals surface area contributed by atoms with Crippen LogP contribution < -0.4 is 10.6 Å². The maximum absolute atomic E-state index is 11.8. The van der Waals surface area contributed by atoms with Gasteiger partial charge in [0.15, 0.2) is 6.10 Å². The molecule has 0 aromatic heterocycles. The summed E-state index contributed by atoms with van der Waals surface area (Å²) in [6, 6.07) is 0.633. The molecule has 1 heterocycles. The average Bonchev–Trinajstić information content (AvgIpc) is 2.73. The lowest BCUT2D eigenvalue weighted by Crippen LogP contribution is -2.45. The molecule has 20 heavy (non-hydrogen) atoms. The van der Waals surface area contributed by atoms with Gasteiger partial charge in [-0.15, -0.1) is 12.4 Å². The van der Waals surface area contributed by atoms with Crippen LogP contribution in [0.25, 0.3) is 0 Å². The Hall–Kier alpha value is -0.360. The van der Waals surface area contributed by atoms with Crippen LogP contribution in [0.4, 0.5) is 0 Å². The fourth-order valence-electron chi connectivity index (χ4n) is 2.70. The minimum absolute atomic E-state index is 0. The molecule has 0 spiro atoms. The number of hydrogen-bond acceptors (Lipinski definition) is 4. The van der Waals surface area contributed by atoms with Crippen LogP contribution in [0.5, 0.6) is 0 Å². The van der Waals surface area contributed by atoms with E-state index in [1.807, 2.05) is 0 Å². The molecule has 2 N–H and O–H groups in total. The Morgan fingerprint density at radius 3 is 2.45 bits per heavy atom. The van der Waals surface area contributed by atoms with Crippen LogP contribution in [0.15, 0.2) is 0 Å². The van der Waals surface area contributed by atoms with Crippen molar-refractivity contribution in [2.45, 2.75) is 50.7 Å². The third kappa shape index (κ3) is 6.39. The van der Waals surface area contributed by atoms with Gasteiger partial charge in [0.1, 0.15) is 0 Å². The van der Waals surface area contributed by atoms with E-state index in [4.69, 9.17) is 9.47 Å². The van der Waals surface area contributed by atoms with Crippen LogP contribution in [0.1, 0.15) is 38.5 Å². The van der Waals surface area contributed by atoms with Gasteiger partial charge in [-0.1, -0.05) is 25.7 Å². The summed E-state index contributed by atoms with van der Waals surface area (Å²) >= 11 is 0. The lowest BCUT2D eigenvalue weighted by molar-refractivity contribution is -0.147. The average molecular weight is 307 g/mol. The van der Waals surface area contributed by atoms with Gasteiger partial charge in [-0.25, -0.2) is 0 Å². The Balaban J connectivity index is 0.00000200. The van der Waals surface area contributed by atoms with Gasteiger partial charge >= 0.3 is 0 Å². The van der Waals surface area contributed by atoms with Crippen LogP contribution in [-0.4, -0.2) is 51.0 Å². The van der Waals surface area contributed by atoms with Crippen molar-refractivity contribution in [1.29, 1.82) is 0 Å². The summed E-state index contributed by atoms with van der Waals surface area (Å²) in [5.74, 6) is -0.0534. The first-order valence-corrected chi connectivity index (χ1v) is 7.57. The molecule has 118 valence electrons. The molecule has 2 aliphatic rings. The number of hydrogen-bond donors (Lipinski definition) is 2. The Morgan fingerprint density at radius 1 is 1.05 bits per heavy atom. The maximum Gasteiger partial charge on any atom is 0.251 e. The lowest BCUT2D eigenvalue weighted by atomic mass is 10.1. The molecule has 1 unspecified atom stereocenters. The van der Waals surface area contributed by atoms with E-state index in [0.29, 0.717) is 32.4 Å². The summed E-state index contributed by atoms with van der Waals surface area (Å²) < 4.78 is 10.6. The van der Waals surface area contributed by atoms with Gasteiger partial charge in [0, 0.05) is 19.1 Å². The standard InChI is InChI=1S/C14H26N2O3.ClH/c17-14(13-11-18-9-10-19-13)16-8-7-15-12-5-3-1-2-4-6-12;/h12-13,15H,1-11H2,(H,16,17);1H. The van der Waals surface area contributed by atoms with Gasteiger partial charge in [0.2, 0.25) is 0 Å². The number of rotatable bonds is 5. The second-order valence-electron chi connectivity index (χ2n) is 5.37. The Morgan fingerprint density at radius 2 is 1.80 bits per heavy atom. The van der Waals surface area contributed by atoms with Crippen molar-refractivity contribution in [2.75, 3.05) is 32.9 Å². The van der Waals surface area contributed by atoms with Crippen LogP contribution in [0.3, 0.4) is 0 Å². The number of halogens is 1. The molecule has 5 nitrogen and oxygen atoms in total. The van der Waals surface area contributed by atoms with Crippen LogP contribution in [0.2, 0.25) is 0 Å². The van der Waals surface area contributed by atoms with E-state index in [-0.39, 0.29) is 18.3 Å². The van der Waals surface area contributed by atoms with E-state index >= 15 is 0 Å². The summed E-state index contributed by atoms with van der Waals surface area (Å²) in [6.45, 7) is 2.98. The number of carbonyl (C=O) groups excluding carboxylic acids is 1. The maximum atomic E-state index is 11.8. The van der Waals surface area contributed by atoms with Crippen molar-refractivity contribution in [3.8, 4) is 0 Å². The summed E-state index contributed by atoms with van der Waals surface area (Å²) in [7, 11) is 0. The van der Waals surface area contributed by atoms with E-state index in [2.05, 4.69) is 10.6 Å². The zero-order chi connectivity index (χ0) is 13.3. The molecule has 0 aromatic carbocycles. The van der Waals surface area contributed by atoms with Gasteiger partial charge in [-0.3, -0.25) is 4.79 Å². The molecule has 1 saturated carbocycles. The van der Waals surface area contributed by atoms with Gasteiger partial charge in [0.05, 0.1) is 19.8 Å². The van der Waals surface area contributed by atoms with Crippen molar-refractivity contribution < 1.29 is 14.3 Å². The zero-order valence-corrected chi connectivity index (χ0v) is 12.9. The van der Waals surface area contributed by atoms with E-state index in [1.54, 1.807) is 0 Å². The summed E-state index contributed by atoms with van der Waals surface area (Å²) in [5, 5.41) is 6.43. The SMILES string of the molecule is Cl.O=C(NCCNC1CCCCCC1)C1COCCO1. The first-order chi connectivity index (χ1) is 9.36. The fourth-order valence-corrected chi connectivity index (χ4v) is 2.70. The molecule has 2 rings (SSSR count). The summed E-state index contributed by atoms with van der Waals surface area (Å²) in [4.78, 5) is 11.8. The highest BCUT2D eigenvalue weighted by Gasteiger charge is 2.22. The highest BCUT2D eigenvalue weighted by Crippen LogP contribution is 2.16. The van der Waals surface area contributed by atoms with Gasteiger partial charge in [0.25, 0.3) is 5.91 Å². The molecule has 0 bridgehead atoms. The van der Waals surface area contributed by atoms with Crippen LogP contribution >= 0.6 is 12.4 Å². The molecule has 1 aliphatic carbocycles. The van der Waals surface area contributed by atoms with E-state index in [9.17, 15) is 4.79 Å². The van der Waals surface area contributed by atoms with Crippen molar-refractivity contribution in [3.63, 3.8) is 0 Å². The van der Waals surface area contributed by atoms with Gasteiger partial charge < -0.3 is 20.1 Å². The summed E-state index contributed by atoms with van der Waals surface area (Å²) in [5.41, 5.74) is 0. The Labute approximate surface area is 127 Å².